The molecule has 2 bridgehead atoms. The van der Waals surface area contributed by atoms with Gasteiger partial charge in [-0.2, -0.15) is 0 Å². The van der Waals surface area contributed by atoms with E-state index in [1.165, 1.54) is 38.7 Å². The maximum absolute atomic E-state index is 12.9. The van der Waals surface area contributed by atoms with Crippen molar-refractivity contribution < 1.29 is 9.53 Å². The van der Waals surface area contributed by atoms with Gasteiger partial charge in [0.25, 0.3) is 0 Å². The number of aromatic nitrogens is 4. The van der Waals surface area contributed by atoms with Gasteiger partial charge >= 0.3 is 11.7 Å². The van der Waals surface area contributed by atoms with E-state index in [1.807, 2.05) is 0 Å². The molecule has 3 aromatic heterocycles. The highest BCUT2D eigenvalue weighted by molar-refractivity contribution is 7.19. The Kier molecular flexibility index (Phi) is 4.47. The second-order valence-electron chi connectivity index (χ2n) is 9.54. The van der Waals surface area contributed by atoms with Gasteiger partial charge in [-0.1, -0.05) is 6.92 Å². The van der Waals surface area contributed by atoms with Gasteiger partial charge in [0.05, 0.1) is 5.39 Å². The maximum atomic E-state index is 12.9. The van der Waals surface area contributed by atoms with Crippen molar-refractivity contribution in [1.29, 1.82) is 0 Å². The summed E-state index contributed by atoms with van der Waals surface area (Å²) in [7, 11) is 2.16. The fraction of sp³-hybridized carbons (Fsp3) is 0.636. The molecule has 4 atom stereocenters. The largest absolute Gasteiger partial charge is 0.461 e. The smallest absolute Gasteiger partial charge is 0.352 e. The Hall–Kier alpha value is -2.26. The van der Waals surface area contributed by atoms with Gasteiger partial charge in [-0.05, 0) is 63.5 Å². The van der Waals surface area contributed by atoms with Crippen LogP contribution in [0.5, 0.6) is 0 Å². The quantitative estimate of drug-likeness (QED) is 0.581. The van der Waals surface area contributed by atoms with Crippen LogP contribution in [-0.2, 0) is 28.9 Å². The number of carbonyl (C=O) groups excluding carboxylic acids is 1. The van der Waals surface area contributed by atoms with Crippen LogP contribution in [0.15, 0.2) is 11.1 Å². The van der Waals surface area contributed by atoms with Gasteiger partial charge in [-0.15, -0.1) is 16.4 Å². The minimum Gasteiger partial charge on any atom is -0.461 e. The molecule has 0 spiro atoms. The average molecular weight is 442 g/mol. The van der Waals surface area contributed by atoms with Gasteiger partial charge in [-0.25, -0.2) is 18.9 Å². The summed E-state index contributed by atoms with van der Waals surface area (Å²) in [6.45, 7) is 2.12. The molecule has 0 aromatic carbocycles. The van der Waals surface area contributed by atoms with Crippen molar-refractivity contribution in [1.82, 2.24) is 24.1 Å². The Labute approximate surface area is 183 Å². The van der Waals surface area contributed by atoms with Gasteiger partial charge in [0.2, 0.25) is 0 Å². The first-order chi connectivity index (χ1) is 15.0. The Bertz CT molecular complexity index is 1230. The minimum atomic E-state index is -0.384. The van der Waals surface area contributed by atoms with Crippen molar-refractivity contribution in [3.63, 3.8) is 0 Å². The molecule has 6 rings (SSSR count). The van der Waals surface area contributed by atoms with Crippen LogP contribution in [0.25, 0.3) is 15.9 Å². The van der Waals surface area contributed by atoms with Crippen LogP contribution in [0.2, 0.25) is 0 Å². The van der Waals surface area contributed by atoms with Crippen molar-refractivity contribution in [3.05, 3.63) is 27.3 Å². The predicted molar refractivity (Wildman–Crippen MR) is 118 cm³/mol. The van der Waals surface area contributed by atoms with Gasteiger partial charge in [-0.3, -0.25) is 4.79 Å². The number of rotatable bonds is 3. The normalized spacial score (nSPS) is 28.3. The Morgan fingerprint density at radius 3 is 2.81 bits per heavy atom. The highest BCUT2D eigenvalue weighted by Gasteiger charge is 2.40. The van der Waals surface area contributed by atoms with Crippen LogP contribution in [0.3, 0.4) is 0 Å². The first kappa shape index (κ1) is 19.4. The lowest BCUT2D eigenvalue weighted by molar-refractivity contribution is -0.153. The van der Waals surface area contributed by atoms with E-state index in [2.05, 4.69) is 29.0 Å². The molecule has 164 valence electrons. The Morgan fingerprint density at radius 2 is 2.03 bits per heavy atom. The third-order valence-electron chi connectivity index (χ3n) is 7.51. The first-order valence-corrected chi connectivity index (χ1v) is 12.1. The molecule has 1 unspecified atom stereocenters. The van der Waals surface area contributed by atoms with Crippen molar-refractivity contribution in [2.24, 2.45) is 5.92 Å². The molecule has 1 aliphatic carbocycles. The molecule has 0 radical (unpaired) electrons. The lowest BCUT2D eigenvalue weighted by Gasteiger charge is -2.35. The molecule has 3 aliphatic rings. The number of hydrogen-bond acceptors (Lipinski definition) is 7. The zero-order valence-electron chi connectivity index (χ0n) is 17.9. The van der Waals surface area contributed by atoms with Crippen LogP contribution >= 0.6 is 11.3 Å². The second-order valence-corrected chi connectivity index (χ2v) is 10.6. The molecule has 0 amide bonds. The van der Waals surface area contributed by atoms with E-state index in [9.17, 15) is 9.59 Å². The minimum absolute atomic E-state index is 0.0619. The van der Waals surface area contributed by atoms with Gasteiger partial charge in [0.15, 0.2) is 5.65 Å². The summed E-state index contributed by atoms with van der Waals surface area (Å²) < 4.78 is 8.46. The highest BCUT2D eigenvalue weighted by atomic mass is 32.1. The van der Waals surface area contributed by atoms with E-state index < -0.39 is 0 Å². The number of piperidine rings is 1. The number of ether oxygens (including phenoxy) is 1. The summed E-state index contributed by atoms with van der Waals surface area (Å²) in [6, 6.07) is 1.00. The molecule has 3 aromatic rings. The zero-order valence-corrected chi connectivity index (χ0v) is 18.7. The number of thiophene rings is 1. The summed E-state index contributed by atoms with van der Waals surface area (Å²) in [5.74, 6) is 0.283. The third kappa shape index (κ3) is 3.12. The standard InChI is InChI=1S/C22H27N5O3S/c1-12-3-6-16-17(7-12)31-21-19(16)20-24-27(22(29)26(20)11-23-21)10-18(28)30-15-8-13-4-5-14(9-15)25(13)2/h11-15H,3-10H2,1-2H3/t12-,13-,14+,15?/m0/s1. The summed E-state index contributed by atoms with van der Waals surface area (Å²) in [6.07, 6.45) is 8.75. The van der Waals surface area contributed by atoms with Crippen LogP contribution in [0.1, 0.15) is 49.5 Å². The molecular formula is C22H27N5O3S. The van der Waals surface area contributed by atoms with E-state index in [1.54, 1.807) is 11.3 Å². The van der Waals surface area contributed by atoms with Crippen molar-refractivity contribution >= 4 is 33.2 Å². The number of carbonyl (C=O) groups is 1. The summed E-state index contributed by atoms with van der Waals surface area (Å²) in [5, 5.41) is 5.53. The Balaban J connectivity index is 1.27. The molecule has 5 heterocycles. The van der Waals surface area contributed by atoms with E-state index in [0.29, 0.717) is 23.6 Å². The number of aryl methyl sites for hydroxylation is 1. The highest BCUT2D eigenvalue weighted by Crippen LogP contribution is 2.38. The van der Waals surface area contributed by atoms with E-state index in [4.69, 9.17) is 4.74 Å². The molecule has 9 heteroatoms. The van der Waals surface area contributed by atoms with Gasteiger partial charge < -0.3 is 9.64 Å². The fourth-order valence-corrected chi connectivity index (χ4v) is 7.11. The number of hydrogen-bond donors (Lipinski definition) is 0. The third-order valence-corrected chi connectivity index (χ3v) is 8.67. The van der Waals surface area contributed by atoms with Gasteiger partial charge in [0.1, 0.15) is 23.8 Å². The van der Waals surface area contributed by atoms with Crippen LogP contribution in [-0.4, -0.2) is 55.3 Å². The molecule has 2 aliphatic heterocycles. The van der Waals surface area contributed by atoms with Crippen molar-refractivity contribution in [2.75, 3.05) is 7.05 Å². The van der Waals surface area contributed by atoms with Crippen LogP contribution < -0.4 is 5.69 Å². The molecule has 0 N–H and O–H groups in total. The van der Waals surface area contributed by atoms with Crippen LogP contribution in [0, 0.1) is 5.92 Å². The van der Waals surface area contributed by atoms with Gasteiger partial charge in [0, 0.05) is 17.0 Å². The Morgan fingerprint density at radius 1 is 1.26 bits per heavy atom. The SMILES string of the molecule is C[C@H]1CCc2c(sc3ncn4c(=O)n(CC(=O)OC5C[C@H]6CC[C@@H](C5)N6C)nc4c23)C1. The summed E-state index contributed by atoms with van der Waals surface area (Å²) in [5.41, 5.74) is 1.54. The van der Waals surface area contributed by atoms with Crippen LogP contribution in [0.4, 0.5) is 0 Å². The van der Waals surface area contributed by atoms with E-state index in [-0.39, 0.29) is 24.3 Å². The van der Waals surface area contributed by atoms with E-state index in [0.717, 1.165) is 42.3 Å². The van der Waals surface area contributed by atoms with E-state index >= 15 is 0 Å². The first-order valence-electron chi connectivity index (χ1n) is 11.3. The fourth-order valence-electron chi connectivity index (χ4n) is 5.77. The topological polar surface area (TPSA) is 81.7 Å². The monoisotopic (exact) mass is 441 g/mol. The average Bonchev–Trinajstić information content (AvgIpc) is 3.30. The maximum Gasteiger partial charge on any atom is 0.352 e. The number of nitrogens with zero attached hydrogens (tertiary/aromatic N) is 5. The summed E-state index contributed by atoms with van der Waals surface area (Å²) >= 11 is 1.71. The molecular weight excluding hydrogens is 414 g/mol. The number of fused-ring (bicyclic) bond motifs is 7. The second kappa shape index (κ2) is 7.13. The molecule has 8 nitrogen and oxygen atoms in total. The molecule has 0 saturated carbocycles. The number of esters is 1. The summed E-state index contributed by atoms with van der Waals surface area (Å²) in [4.78, 5) is 34.8. The zero-order chi connectivity index (χ0) is 21.3. The molecule has 2 fully saturated rings. The van der Waals surface area contributed by atoms with Crippen molar-refractivity contribution in [2.45, 2.75) is 76.6 Å². The lowest BCUT2D eigenvalue weighted by atomic mass is 9.89. The predicted octanol–water partition coefficient (Wildman–Crippen LogP) is 2.40. The van der Waals surface area contributed by atoms with Crippen molar-refractivity contribution in [3.8, 4) is 0 Å². The molecule has 31 heavy (non-hydrogen) atoms. The molecule has 2 saturated heterocycles. The lowest BCUT2D eigenvalue weighted by Crippen LogP contribution is -2.43.